The Balaban J connectivity index is 3.55. The number of benzene rings is 1. The van der Waals surface area contributed by atoms with Gasteiger partial charge in [-0.15, -0.1) is 0 Å². The zero-order valence-electron chi connectivity index (χ0n) is 7.60. The van der Waals surface area contributed by atoms with Gasteiger partial charge in [0.2, 0.25) is 5.91 Å². The smallest absolute Gasteiger partial charge is 0.366 e. The third-order valence-corrected chi connectivity index (χ3v) is 2.95. The van der Waals surface area contributed by atoms with E-state index in [4.69, 9.17) is 11.0 Å². The first kappa shape index (κ1) is 12.8. The van der Waals surface area contributed by atoms with Crippen molar-refractivity contribution in [3.05, 3.63) is 32.4 Å². The van der Waals surface area contributed by atoms with Crippen LogP contribution in [0.2, 0.25) is 0 Å². The highest BCUT2D eigenvalue weighted by Gasteiger charge is 2.34. The van der Waals surface area contributed by atoms with E-state index in [0.717, 1.165) is 12.1 Å². The Morgan fingerprint density at radius 2 is 2.00 bits per heavy atom. The lowest BCUT2D eigenvalue weighted by molar-refractivity contribution is -0.138. The fourth-order valence-electron chi connectivity index (χ4n) is 1.11. The number of alkyl halides is 3. The average Bonchev–Trinajstić information content (AvgIpc) is 2.14. The van der Waals surface area contributed by atoms with Crippen molar-refractivity contribution in [3.8, 4) is 6.07 Å². The number of carbonyl (C=O) groups excluding carboxylic acids is 1. The molecule has 0 bridgehead atoms. The molecule has 0 atom stereocenters. The number of amides is 1. The standard InChI is InChI=1S/C9H4F3IN2O/c10-9(11,12)6-2-1-4(8(15)16)5(3-14)7(6)13/h1-2H,(H2,15,16). The molecule has 1 rings (SSSR count). The van der Waals surface area contributed by atoms with E-state index in [-0.39, 0.29) is 14.7 Å². The topological polar surface area (TPSA) is 66.9 Å². The van der Waals surface area contributed by atoms with Crippen LogP contribution in [0.5, 0.6) is 0 Å². The van der Waals surface area contributed by atoms with Crippen LogP contribution in [0.25, 0.3) is 0 Å². The molecule has 0 aliphatic rings. The van der Waals surface area contributed by atoms with Crippen LogP contribution in [-0.2, 0) is 6.18 Å². The molecule has 0 spiro atoms. The SMILES string of the molecule is N#Cc1c(C(N)=O)ccc(C(F)(F)F)c1I. The van der Waals surface area contributed by atoms with Crippen molar-refractivity contribution in [1.29, 1.82) is 5.26 Å². The third kappa shape index (κ3) is 2.27. The minimum absolute atomic E-state index is 0.208. The summed E-state index contributed by atoms with van der Waals surface area (Å²) in [7, 11) is 0. The van der Waals surface area contributed by atoms with E-state index in [9.17, 15) is 18.0 Å². The molecule has 0 saturated heterocycles. The highest BCUT2D eigenvalue weighted by Crippen LogP contribution is 2.34. The van der Waals surface area contributed by atoms with Crippen molar-refractivity contribution in [1.82, 2.24) is 0 Å². The lowest BCUT2D eigenvalue weighted by atomic mass is 10.0. The van der Waals surface area contributed by atoms with Gasteiger partial charge in [0.1, 0.15) is 6.07 Å². The zero-order valence-corrected chi connectivity index (χ0v) is 9.76. The maximum Gasteiger partial charge on any atom is 0.417 e. The van der Waals surface area contributed by atoms with E-state index in [1.54, 1.807) is 6.07 Å². The molecule has 0 aliphatic heterocycles. The summed E-state index contributed by atoms with van der Waals surface area (Å²) in [5.41, 5.74) is 3.44. The Bertz CT molecular complexity index is 491. The van der Waals surface area contributed by atoms with Gasteiger partial charge in [-0.2, -0.15) is 18.4 Å². The van der Waals surface area contributed by atoms with E-state index in [1.807, 2.05) is 0 Å². The van der Waals surface area contributed by atoms with Crippen LogP contribution in [0.15, 0.2) is 12.1 Å². The molecule has 0 heterocycles. The van der Waals surface area contributed by atoms with Crippen LogP contribution in [0.3, 0.4) is 0 Å². The van der Waals surface area contributed by atoms with Gasteiger partial charge in [0.25, 0.3) is 0 Å². The van der Waals surface area contributed by atoms with Gasteiger partial charge in [0, 0.05) is 3.57 Å². The van der Waals surface area contributed by atoms with Crippen LogP contribution in [0.4, 0.5) is 13.2 Å². The van der Waals surface area contributed by atoms with E-state index in [1.165, 1.54) is 22.6 Å². The molecule has 0 fully saturated rings. The molecule has 0 aliphatic carbocycles. The van der Waals surface area contributed by atoms with Gasteiger partial charge in [0.15, 0.2) is 0 Å². The highest BCUT2D eigenvalue weighted by atomic mass is 127. The van der Waals surface area contributed by atoms with Gasteiger partial charge in [-0.3, -0.25) is 4.79 Å². The first-order valence-electron chi connectivity index (χ1n) is 3.88. The number of carbonyl (C=O) groups is 1. The molecule has 3 nitrogen and oxygen atoms in total. The molecule has 0 unspecified atom stereocenters. The summed E-state index contributed by atoms with van der Waals surface area (Å²) in [5.74, 6) is -0.928. The number of hydrogen-bond acceptors (Lipinski definition) is 2. The summed E-state index contributed by atoms with van der Waals surface area (Å²) in [4.78, 5) is 10.9. The summed E-state index contributed by atoms with van der Waals surface area (Å²) < 4.78 is 37.1. The van der Waals surface area contributed by atoms with Crippen molar-refractivity contribution in [2.45, 2.75) is 6.18 Å². The molecule has 16 heavy (non-hydrogen) atoms. The van der Waals surface area contributed by atoms with Crippen molar-refractivity contribution < 1.29 is 18.0 Å². The van der Waals surface area contributed by atoms with Crippen molar-refractivity contribution in [2.75, 3.05) is 0 Å². The molecule has 1 aromatic carbocycles. The molecular weight excluding hydrogens is 336 g/mol. The first-order valence-corrected chi connectivity index (χ1v) is 4.96. The third-order valence-electron chi connectivity index (χ3n) is 1.82. The van der Waals surface area contributed by atoms with Gasteiger partial charge in [-0.1, -0.05) is 0 Å². The fraction of sp³-hybridized carbons (Fsp3) is 0.111. The molecule has 0 saturated carbocycles. The minimum Gasteiger partial charge on any atom is -0.366 e. The molecule has 7 heteroatoms. The Morgan fingerprint density at radius 3 is 2.38 bits per heavy atom. The van der Waals surface area contributed by atoms with Gasteiger partial charge in [-0.05, 0) is 34.7 Å². The second-order valence-electron chi connectivity index (χ2n) is 2.82. The Morgan fingerprint density at radius 1 is 1.44 bits per heavy atom. The second kappa shape index (κ2) is 4.29. The van der Waals surface area contributed by atoms with Crippen LogP contribution >= 0.6 is 22.6 Å². The largest absolute Gasteiger partial charge is 0.417 e. The number of nitrogens with two attached hydrogens (primary N) is 1. The van der Waals surface area contributed by atoms with Gasteiger partial charge < -0.3 is 5.73 Å². The lowest BCUT2D eigenvalue weighted by Crippen LogP contribution is -2.16. The van der Waals surface area contributed by atoms with Crippen LogP contribution in [0, 0.1) is 14.9 Å². The minimum atomic E-state index is -4.56. The molecule has 1 amide bonds. The van der Waals surface area contributed by atoms with E-state index in [0.29, 0.717) is 0 Å². The van der Waals surface area contributed by atoms with Crippen molar-refractivity contribution >= 4 is 28.5 Å². The fourth-order valence-corrected chi connectivity index (χ4v) is 2.01. The van der Waals surface area contributed by atoms with E-state index in [2.05, 4.69) is 0 Å². The quantitative estimate of drug-likeness (QED) is 0.797. The van der Waals surface area contributed by atoms with E-state index >= 15 is 0 Å². The Hall–Kier alpha value is -1.30. The van der Waals surface area contributed by atoms with Crippen molar-refractivity contribution in [3.63, 3.8) is 0 Å². The van der Waals surface area contributed by atoms with Crippen LogP contribution in [-0.4, -0.2) is 5.91 Å². The maximum absolute atomic E-state index is 12.5. The maximum atomic E-state index is 12.5. The molecule has 2 N–H and O–H groups in total. The van der Waals surface area contributed by atoms with Gasteiger partial charge in [0.05, 0.1) is 16.7 Å². The summed E-state index contributed by atoms with van der Waals surface area (Å²) in [6.45, 7) is 0. The average molecular weight is 340 g/mol. The summed E-state index contributed by atoms with van der Waals surface area (Å²) in [6.07, 6.45) is -4.56. The molecule has 0 radical (unpaired) electrons. The van der Waals surface area contributed by atoms with E-state index < -0.39 is 17.6 Å². The zero-order chi connectivity index (χ0) is 12.5. The normalized spacial score (nSPS) is 10.9. The van der Waals surface area contributed by atoms with Crippen LogP contribution in [0.1, 0.15) is 21.5 Å². The van der Waals surface area contributed by atoms with Crippen molar-refractivity contribution in [2.24, 2.45) is 5.73 Å². The predicted molar refractivity (Wildman–Crippen MR) is 57.4 cm³/mol. The highest BCUT2D eigenvalue weighted by molar-refractivity contribution is 14.1. The summed E-state index contributed by atoms with van der Waals surface area (Å²) in [5, 5.41) is 8.71. The van der Waals surface area contributed by atoms with Gasteiger partial charge in [-0.25, -0.2) is 0 Å². The van der Waals surface area contributed by atoms with Crippen LogP contribution < -0.4 is 5.73 Å². The lowest BCUT2D eigenvalue weighted by Gasteiger charge is -2.11. The number of hydrogen-bond donors (Lipinski definition) is 1. The molecular formula is C9H4F3IN2O. The monoisotopic (exact) mass is 340 g/mol. The number of nitriles is 1. The Labute approximate surface area is 102 Å². The molecule has 84 valence electrons. The number of nitrogens with zero attached hydrogens (tertiary/aromatic N) is 1. The first-order chi connectivity index (χ1) is 7.29. The number of halogens is 4. The Kier molecular flexibility index (Phi) is 3.42. The van der Waals surface area contributed by atoms with Gasteiger partial charge >= 0.3 is 6.18 Å². The number of rotatable bonds is 1. The predicted octanol–water partition coefficient (Wildman–Crippen LogP) is 2.28. The molecule has 1 aromatic rings. The second-order valence-corrected chi connectivity index (χ2v) is 3.90. The summed E-state index contributed by atoms with van der Waals surface area (Å²) >= 11 is 1.37. The summed E-state index contributed by atoms with van der Waals surface area (Å²) in [6, 6.07) is 3.20. The number of primary amides is 1. The molecule has 0 aromatic heterocycles.